The minimum Gasteiger partial charge on any atom is -0.870 e. The molecule has 0 saturated carbocycles. The number of carboxylic acid groups (broad SMARTS) is 2. The van der Waals surface area contributed by atoms with E-state index in [1.165, 1.54) is 40.0 Å². The van der Waals surface area contributed by atoms with Crippen LogP contribution < -0.4 is 35.4 Å². The van der Waals surface area contributed by atoms with Gasteiger partial charge in [-0.2, -0.15) is 18.3 Å². The van der Waals surface area contributed by atoms with E-state index in [-0.39, 0.29) is 153 Å². The predicted octanol–water partition coefficient (Wildman–Crippen LogP) is 11.3. The summed E-state index contributed by atoms with van der Waals surface area (Å²) < 4.78 is 142. The Balaban J connectivity index is -0.000000118. The molecule has 5 unspecified atom stereocenters. The van der Waals surface area contributed by atoms with Crippen LogP contribution in [-0.2, 0) is 140 Å². The number of hydrogen-bond donors (Lipinski definition) is 5. The largest absolute Gasteiger partial charge is 1.00 e. The summed E-state index contributed by atoms with van der Waals surface area (Å²) in [5.74, 6) is 1.63. The molecule has 2 fully saturated rings. The van der Waals surface area contributed by atoms with Crippen LogP contribution in [0, 0.1) is 27.1 Å². The van der Waals surface area contributed by atoms with Crippen LogP contribution in [0.15, 0.2) is 0 Å². The van der Waals surface area contributed by atoms with Crippen molar-refractivity contribution in [2.75, 3.05) is 136 Å². The summed E-state index contributed by atoms with van der Waals surface area (Å²) in [5.41, 5.74) is -6.98. The molecule has 34 nitrogen and oxygen atoms in total. The van der Waals surface area contributed by atoms with Gasteiger partial charge in [0.05, 0.1) is 95.5 Å². The first-order chi connectivity index (χ1) is 57.3. The van der Waals surface area contributed by atoms with Crippen molar-refractivity contribution in [2.45, 2.75) is 271 Å². The van der Waals surface area contributed by atoms with Crippen molar-refractivity contribution >= 4 is 159 Å². The Bertz CT molecular complexity index is 2800. The van der Waals surface area contributed by atoms with Gasteiger partial charge in [-0.3, -0.25) is 60.9 Å². The quantitative estimate of drug-likeness (QED) is 0.00323. The second kappa shape index (κ2) is 94.3. The minimum atomic E-state index is -3.47. The zero-order valence-electron chi connectivity index (χ0n) is 76.8. The van der Waals surface area contributed by atoms with Crippen LogP contribution in [0.25, 0.3) is 5.84 Å². The molecule has 2 aliphatic rings. The molecule has 0 bridgehead atoms. The molecular formula is C77H153Br2ClF2N2NaO32P3S3. The molecule has 0 aromatic heterocycles. The summed E-state index contributed by atoms with van der Waals surface area (Å²) in [5, 5.41) is 36.2. The number of alkyl halides is 4. The molecular weight excluding hydrogens is 1910 g/mol. The van der Waals surface area contributed by atoms with Crippen LogP contribution in [0.4, 0.5) is 8.78 Å². The third-order valence-corrected chi connectivity index (χ3v) is 18.1. The monoisotopic (exact) mass is 2060 g/mol. The molecule has 732 valence electrons. The van der Waals surface area contributed by atoms with Crippen molar-refractivity contribution in [2.24, 2.45) is 32.9 Å². The van der Waals surface area contributed by atoms with Crippen molar-refractivity contribution in [3.8, 4) is 0 Å². The number of halogens is 5. The second-order valence-corrected chi connectivity index (χ2v) is 35.6. The van der Waals surface area contributed by atoms with Crippen molar-refractivity contribution in [3.05, 3.63) is 5.84 Å². The van der Waals surface area contributed by atoms with Crippen molar-refractivity contribution in [3.63, 3.8) is 0 Å². The van der Waals surface area contributed by atoms with Gasteiger partial charge in [0, 0.05) is 61.0 Å². The SMILES string of the molecule is BrCCCCOC1CCCCO1.C.CC(CCCCF)(C(=O)O)C(=O)O.CCOC(=O)C(C)(CCCCF)C(=O)OCC.CCOC(=O)C(C)(CCCCO)C(=O)OCC.CCOC(=O)C(C)(CCCCOC1CCCCO1)C(=O)OCC.CCOC(=O)C(C)(CCCCOS(C)(=O)=O)C(=O)OCC.CS(=O)(=O)Cl.OCCCCBr.[2H]P.[3H][P+](P)=S.[NH-]N.[Na+].[OH-]. The number of carbonyl (C=O) groups excluding carboxylic acids is 8. The molecule has 5 atom stereocenters. The van der Waals surface area contributed by atoms with Crippen molar-refractivity contribution in [1.29, 1.82) is 2.56 Å². The normalized spacial score (nSPS) is 13.5. The molecule has 0 aromatic rings. The van der Waals surface area contributed by atoms with E-state index in [0.29, 0.717) is 71.0 Å². The summed E-state index contributed by atoms with van der Waals surface area (Å²) in [4.78, 5) is 116. The van der Waals surface area contributed by atoms with Crippen LogP contribution in [0.2, 0.25) is 0 Å². The summed E-state index contributed by atoms with van der Waals surface area (Å²) in [6.07, 6.45) is 18.7. The van der Waals surface area contributed by atoms with Crippen molar-refractivity contribution < 1.29 is 190 Å². The summed E-state index contributed by atoms with van der Waals surface area (Å²) >= 11 is 10.9. The van der Waals surface area contributed by atoms with Crippen LogP contribution in [-0.4, -0.2) is 253 Å². The number of carbonyl (C=O) groups is 10. The van der Waals surface area contributed by atoms with E-state index in [4.69, 9.17) is 85.7 Å². The summed E-state index contributed by atoms with van der Waals surface area (Å²) in [7, 11) is 1.71. The second-order valence-electron chi connectivity index (χ2n) is 26.6. The van der Waals surface area contributed by atoms with E-state index in [0.717, 1.165) is 101 Å². The molecule has 0 aliphatic carbocycles. The topological polar surface area (TPSA) is 520 Å². The number of carboxylic acids is 2. The molecule has 0 spiro atoms. The number of nitrogens with two attached hydrogens (primary N) is 1. The fourth-order valence-corrected chi connectivity index (χ4v) is 10.6. The number of hydrogen-bond acceptors (Lipinski definition) is 32. The molecule has 2 saturated heterocycles. The average Bonchev–Trinajstić information content (AvgIpc) is 0.847. The van der Waals surface area contributed by atoms with Gasteiger partial charge in [0.25, 0.3) is 10.1 Å². The average molecular weight is 2070 g/mol. The number of aliphatic hydroxyl groups excluding tert-OH is 2. The van der Waals surface area contributed by atoms with Gasteiger partial charge in [-0.05, 0) is 251 Å². The van der Waals surface area contributed by atoms with Gasteiger partial charge >= 0.3 is 90.5 Å². The van der Waals surface area contributed by atoms with Crippen LogP contribution in [0.5, 0.6) is 0 Å². The van der Waals surface area contributed by atoms with E-state index >= 15 is 0 Å². The molecule has 0 aromatic carbocycles. The maximum Gasteiger partial charge on any atom is 1.00 e. The predicted molar refractivity (Wildman–Crippen MR) is 485 cm³/mol. The molecule has 46 heteroatoms. The molecule has 0 amide bonds. The van der Waals surface area contributed by atoms with Crippen LogP contribution in [0.3, 0.4) is 0 Å². The van der Waals surface area contributed by atoms with Gasteiger partial charge in [-0.1, -0.05) is 39.3 Å². The van der Waals surface area contributed by atoms with Crippen LogP contribution >= 0.6 is 68.3 Å². The van der Waals surface area contributed by atoms with E-state index in [2.05, 4.69) is 73.3 Å². The molecule has 2 aliphatic heterocycles. The maximum absolute atomic E-state index is 12.1. The molecule has 2 rings (SSSR count). The number of nitrogens with one attached hydrogen (secondary N) is 1. The van der Waals surface area contributed by atoms with Gasteiger partial charge in [0.2, 0.25) is 9.05 Å². The Labute approximate surface area is 790 Å². The van der Waals surface area contributed by atoms with Gasteiger partial charge in [0.1, 0.15) is 0 Å². The molecule has 2 heterocycles. The van der Waals surface area contributed by atoms with Gasteiger partial charge in [-0.25, -0.2) is 8.42 Å². The first-order valence-corrected chi connectivity index (χ1v) is 50.1. The maximum atomic E-state index is 12.1. The number of rotatable bonds is 50. The minimum absolute atomic E-state index is 0. The number of aliphatic carboxylic acids is 2. The summed E-state index contributed by atoms with van der Waals surface area (Å²) in [6.45, 7) is 24.0. The van der Waals surface area contributed by atoms with Gasteiger partial charge in [-0.15, -0.1) is 0 Å². The fourth-order valence-electron chi connectivity index (χ4n) is 9.40. The van der Waals surface area contributed by atoms with Crippen molar-refractivity contribution in [1.82, 2.24) is 0 Å². The van der Waals surface area contributed by atoms with Gasteiger partial charge in [0.15, 0.2) is 58.5 Å². The Morgan fingerprint density at radius 3 is 0.902 bits per heavy atom. The van der Waals surface area contributed by atoms with Gasteiger partial charge < -0.3 is 94.4 Å². The molecule has 123 heavy (non-hydrogen) atoms. The third-order valence-electron chi connectivity index (χ3n) is 16.4. The van der Waals surface area contributed by atoms with Crippen LogP contribution in [0.1, 0.15) is 258 Å². The number of esters is 8. The first-order valence-electron chi connectivity index (χ1n) is 40.8. The zero-order chi connectivity index (χ0) is 96.3. The van der Waals surface area contributed by atoms with E-state index in [1.807, 2.05) is 0 Å². The third kappa shape index (κ3) is 80.3. The first kappa shape index (κ1) is 141. The Morgan fingerprint density at radius 2 is 0.707 bits per heavy atom. The van der Waals surface area contributed by atoms with E-state index in [1.54, 1.807) is 72.2 Å². The zero-order valence-corrected chi connectivity index (χ0v) is 86.4. The summed E-state index contributed by atoms with van der Waals surface area (Å²) in [6, 6.07) is 0. The Hall–Kier alpha value is -2.31. The Kier molecular flexibility index (Phi) is 108. The standard InChI is InChI=1S/C17H30O6.C13H24O7S.C12H21FO4.C12H22O5.C9H17BrO2.C8H13FO4.C4H9BrO.CH3ClO2S.CH4.H3N2.Na.H2O.H2P2S.H3P/c1-4-20-15(18)17(3,16(19)21-5-2)11-7-9-13-23-14-10-6-8-12-22-14;1-5-18-11(14)13(3,12(15)19-6-2)9-7-8-10-20-21(4,16)17;2*1-4-16-10(14)12(3,8-6-7-9-13)11(15)17-5-2;10-6-2-4-8-12-9-5-1-3-7-11-9;1-8(6(10)11,7(12)13)4-2-3-5-9;5-3-1-2-4-6;1-5(2,3)4;;1-2;;;1-2-3;/h14H,4-13H2,1-3H3;5-10H2,1-4H3;4-9H2,1-3H3;13H,4-9H2,1-3H3;9H,1-8H2;2-5H2,1H3,(H,10,11)(H,12,13);6H,1-4H2;1H3;1H4;1H,2H2;;1H2;1H2;1H3/q;;;;;;;;;-1;+1;;;/i;;;;;;;;;;;;;1D/hT. The number of ether oxygens (including phenoxy) is 12. The fraction of sp³-hybridized carbons (Fsp3) is 0.870. The molecule has 0 radical (unpaired) electrons. The van der Waals surface area contributed by atoms with E-state index < -0.39 is 126 Å². The van der Waals surface area contributed by atoms with E-state index in [9.17, 15) is 73.6 Å². The smallest absolute Gasteiger partial charge is 0.870 e. The molecule has 8 N–H and O–H groups in total. The number of aliphatic hydroxyl groups is 2. The Morgan fingerprint density at radius 1 is 0.496 bits per heavy atom. The number of unbranched alkanes of at least 4 members (excludes halogenated alkanes) is 7.